The molecule has 1 aromatic carbocycles. The van der Waals surface area contributed by atoms with E-state index in [9.17, 15) is 0 Å². The van der Waals surface area contributed by atoms with E-state index in [-0.39, 0.29) is 22.2 Å². The first-order valence-corrected chi connectivity index (χ1v) is 10.0. The molecule has 2 N–H and O–H groups in total. The number of aliphatic imine (C=N–C) groups is 2. The summed E-state index contributed by atoms with van der Waals surface area (Å²) in [5.41, 5.74) is 7.93. The van der Waals surface area contributed by atoms with Crippen LogP contribution in [0.25, 0.3) is 11.3 Å². The molecule has 0 aliphatic carbocycles. The zero-order valence-electron chi connectivity index (χ0n) is 17.1. The SMILES string of the molecule is CN=C([S-])N/N=C(/C(C)=N/NC(=NC)SC)c1ncoc1-c1ccc(OC)cc1.[Cu+]. The van der Waals surface area contributed by atoms with Gasteiger partial charge >= 0.3 is 17.1 Å². The van der Waals surface area contributed by atoms with Gasteiger partial charge in [0, 0.05) is 19.7 Å². The maximum Gasteiger partial charge on any atom is 1.00 e. The molecule has 0 fully saturated rings. The molecule has 2 rings (SSSR count). The number of nitrogens with zero attached hydrogens (tertiary/aromatic N) is 5. The predicted octanol–water partition coefficient (Wildman–Crippen LogP) is 2.49. The minimum Gasteiger partial charge on any atom is -0.741 e. The Morgan fingerprint density at radius 1 is 1.13 bits per heavy atom. The van der Waals surface area contributed by atoms with E-state index in [1.165, 1.54) is 18.2 Å². The van der Waals surface area contributed by atoms with Crippen molar-refractivity contribution in [2.45, 2.75) is 6.92 Å². The summed E-state index contributed by atoms with van der Waals surface area (Å²) in [5.74, 6) is 1.28. The molecular formula is C18H22CuN7O2S2. The van der Waals surface area contributed by atoms with Gasteiger partial charge in [0.05, 0.1) is 12.8 Å². The first kappa shape index (κ1) is 25.6. The van der Waals surface area contributed by atoms with Crippen LogP contribution in [0.3, 0.4) is 0 Å². The topological polar surface area (TPSA) is 109 Å². The van der Waals surface area contributed by atoms with Crippen molar-refractivity contribution in [3.05, 3.63) is 36.4 Å². The van der Waals surface area contributed by atoms with Gasteiger partial charge in [-0.25, -0.2) is 4.98 Å². The second kappa shape index (κ2) is 13.0. The number of nitrogens with one attached hydrogen (secondary N) is 2. The Bertz CT molecular complexity index is 940. The van der Waals surface area contributed by atoms with Crippen molar-refractivity contribution >= 4 is 46.1 Å². The molecule has 0 amide bonds. The molecule has 1 aromatic heterocycles. The third kappa shape index (κ3) is 6.84. The average molecular weight is 496 g/mol. The molecule has 0 atom stereocenters. The van der Waals surface area contributed by atoms with E-state index in [2.05, 4.69) is 36.0 Å². The number of hydrazone groups is 2. The van der Waals surface area contributed by atoms with Crippen molar-refractivity contribution in [2.24, 2.45) is 20.2 Å². The van der Waals surface area contributed by atoms with Gasteiger partial charge in [-0.05, 0) is 42.6 Å². The first-order chi connectivity index (χ1) is 14.0. The van der Waals surface area contributed by atoms with Crippen molar-refractivity contribution < 1.29 is 26.2 Å². The van der Waals surface area contributed by atoms with Gasteiger partial charge < -0.3 is 21.8 Å². The van der Waals surface area contributed by atoms with Crippen LogP contribution in [0.1, 0.15) is 12.6 Å². The van der Waals surface area contributed by atoms with Gasteiger partial charge in [0.15, 0.2) is 17.3 Å². The van der Waals surface area contributed by atoms with E-state index in [1.807, 2.05) is 30.5 Å². The summed E-state index contributed by atoms with van der Waals surface area (Å²) < 4.78 is 10.8. The summed E-state index contributed by atoms with van der Waals surface area (Å²) >= 11 is 6.51. The third-order valence-corrected chi connectivity index (χ3v) is 4.60. The van der Waals surface area contributed by atoms with Crippen molar-refractivity contribution in [1.82, 2.24) is 15.8 Å². The smallest absolute Gasteiger partial charge is 0.741 e. The zero-order chi connectivity index (χ0) is 21.2. The standard InChI is InChI=1S/C18H23N7O2S2.Cu/c1-11(22-25-18(20-3)29-5)14(23-24-17(28)19-2)15-16(27-10-21-15)12-6-8-13(26-4)9-7-12;/h6-10H,1-5H3,(H,20,25)(H2,19,24,28);/q;+1/p-1/b22-11+,23-14-;. The molecule has 164 valence electrons. The summed E-state index contributed by atoms with van der Waals surface area (Å²) in [5, 5.41) is 9.60. The number of aromatic nitrogens is 1. The second-order valence-corrected chi connectivity index (χ2v) is 6.58. The minimum atomic E-state index is 0. The van der Waals surface area contributed by atoms with Gasteiger partial charge in [-0.2, -0.15) is 10.2 Å². The number of hydrogen-bond acceptors (Lipinski definition) is 9. The number of amidine groups is 2. The van der Waals surface area contributed by atoms with Gasteiger partial charge in [0.2, 0.25) is 0 Å². The van der Waals surface area contributed by atoms with E-state index >= 15 is 0 Å². The fourth-order valence-electron chi connectivity index (χ4n) is 2.19. The Morgan fingerprint density at radius 3 is 2.40 bits per heavy atom. The molecule has 0 spiro atoms. The summed E-state index contributed by atoms with van der Waals surface area (Å²) in [6.07, 6.45) is 3.26. The van der Waals surface area contributed by atoms with Crippen LogP contribution in [0.15, 0.2) is 55.3 Å². The van der Waals surface area contributed by atoms with E-state index in [4.69, 9.17) is 21.8 Å². The quantitative estimate of drug-likeness (QED) is 0.208. The molecule has 0 unspecified atom stereocenters. The van der Waals surface area contributed by atoms with Crippen LogP contribution in [-0.4, -0.2) is 54.2 Å². The monoisotopic (exact) mass is 495 g/mol. The zero-order valence-corrected chi connectivity index (χ0v) is 19.6. The Balaban J connectivity index is 0.00000450. The third-order valence-electron chi connectivity index (χ3n) is 3.67. The van der Waals surface area contributed by atoms with E-state index < -0.39 is 0 Å². The first-order valence-electron chi connectivity index (χ1n) is 8.41. The molecule has 9 nitrogen and oxygen atoms in total. The van der Waals surface area contributed by atoms with Crippen LogP contribution in [0.4, 0.5) is 0 Å². The van der Waals surface area contributed by atoms with Crippen LogP contribution in [0.2, 0.25) is 0 Å². The number of thioether (sulfide) groups is 1. The van der Waals surface area contributed by atoms with Gasteiger partial charge in [-0.15, -0.1) is 0 Å². The summed E-state index contributed by atoms with van der Waals surface area (Å²) in [7, 11) is 4.87. The molecule has 1 heterocycles. The number of hydrogen-bond donors (Lipinski definition) is 2. The predicted molar refractivity (Wildman–Crippen MR) is 122 cm³/mol. The van der Waals surface area contributed by atoms with Gasteiger partial charge in [0.1, 0.15) is 17.2 Å². The number of rotatable bonds is 6. The molecule has 0 radical (unpaired) electrons. The molecular weight excluding hydrogens is 474 g/mol. The summed E-state index contributed by atoms with van der Waals surface area (Å²) in [6, 6.07) is 7.43. The van der Waals surface area contributed by atoms with Crippen LogP contribution in [0.5, 0.6) is 5.75 Å². The van der Waals surface area contributed by atoms with Crippen molar-refractivity contribution in [2.75, 3.05) is 27.5 Å². The molecule has 0 aliphatic rings. The molecule has 0 saturated heterocycles. The minimum absolute atomic E-state index is 0. The fraction of sp³-hybridized carbons (Fsp3) is 0.278. The van der Waals surface area contributed by atoms with Crippen LogP contribution >= 0.6 is 11.8 Å². The molecule has 0 aliphatic heterocycles. The molecule has 30 heavy (non-hydrogen) atoms. The Kier molecular flexibility index (Phi) is 11.1. The largest absolute Gasteiger partial charge is 1.00 e. The van der Waals surface area contributed by atoms with E-state index in [1.54, 1.807) is 28.1 Å². The van der Waals surface area contributed by atoms with Crippen LogP contribution in [-0.2, 0) is 29.7 Å². The fourth-order valence-corrected chi connectivity index (χ4v) is 2.56. The summed E-state index contributed by atoms with van der Waals surface area (Å²) in [6.45, 7) is 1.79. The van der Waals surface area contributed by atoms with Gasteiger partial charge in [0.25, 0.3) is 0 Å². The Morgan fingerprint density at radius 2 is 1.83 bits per heavy atom. The van der Waals surface area contributed by atoms with Crippen molar-refractivity contribution in [3.63, 3.8) is 0 Å². The average Bonchev–Trinajstić information content (AvgIpc) is 3.24. The number of benzene rings is 1. The van der Waals surface area contributed by atoms with Crippen molar-refractivity contribution in [3.8, 4) is 17.1 Å². The maximum absolute atomic E-state index is 5.64. The van der Waals surface area contributed by atoms with E-state index in [0.29, 0.717) is 28.0 Å². The number of oxazole rings is 1. The number of methoxy groups -OCH3 is 1. The van der Waals surface area contributed by atoms with Gasteiger partial charge in [-0.1, -0.05) is 11.8 Å². The Labute approximate surface area is 195 Å². The van der Waals surface area contributed by atoms with E-state index in [0.717, 1.165) is 11.3 Å². The molecule has 0 saturated carbocycles. The molecule has 2 aromatic rings. The Hall–Kier alpha value is -2.40. The van der Waals surface area contributed by atoms with Gasteiger partial charge in [-0.3, -0.25) is 20.8 Å². The van der Waals surface area contributed by atoms with Crippen molar-refractivity contribution in [1.29, 1.82) is 0 Å². The molecule has 0 bridgehead atoms. The summed E-state index contributed by atoms with van der Waals surface area (Å²) in [4.78, 5) is 12.3. The van der Waals surface area contributed by atoms with Crippen LogP contribution in [0, 0.1) is 0 Å². The molecule has 12 heteroatoms. The maximum atomic E-state index is 5.64. The second-order valence-electron chi connectivity index (χ2n) is 5.40. The van der Waals surface area contributed by atoms with Crippen LogP contribution < -0.4 is 15.6 Å². The number of ether oxygens (including phenoxy) is 1. The normalized spacial score (nSPS) is 13.0.